The molecule has 0 saturated carbocycles. The summed E-state index contributed by atoms with van der Waals surface area (Å²) in [4.78, 5) is 0. The van der Waals surface area contributed by atoms with Crippen LogP contribution >= 0.6 is 15.9 Å². The van der Waals surface area contributed by atoms with Gasteiger partial charge in [0.1, 0.15) is 0 Å². The molecular weight excluding hydrogens is 326 g/mol. The Morgan fingerprint density at radius 1 is 1.14 bits per heavy atom. The molecular formula is C17H18BrN3. The molecule has 0 saturated heterocycles. The Morgan fingerprint density at radius 3 is 2.67 bits per heavy atom. The molecule has 21 heavy (non-hydrogen) atoms. The molecule has 0 aliphatic carbocycles. The van der Waals surface area contributed by atoms with Crippen LogP contribution in [0.1, 0.15) is 23.7 Å². The molecule has 0 fully saturated rings. The molecule has 0 radical (unpaired) electrons. The molecule has 3 nitrogen and oxygen atoms in total. The van der Waals surface area contributed by atoms with E-state index in [-0.39, 0.29) is 6.04 Å². The lowest BCUT2D eigenvalue weighted by Gasteiger charge is -2.13. The molecule has 0 amide bonds. The van der Waals surface area contributed by atoms with Crippen molar-refractivity contribution in [1.82, 2.24) is 9.78 Å². The second-order valence-corrected chi connectivity index (χ2v) is 6.26. The van der Waals surface area contributed by atoms with Crippen LogP contribution in [0.3, 0.4) is 0 Å². The van der Waals surface area contributed by atoms with Gasteiger partial charge in [0.15, 0.2) is 0 Å². The summed E-state index contributed by atoms with van der Waals surface area (Å²) in [6, 6.07) is 14.9. The third kappa shape index (κ3) is 3.17. The average molecular weight is 344 g/mol. The zero-order valence-electron chi connectivity index (χ0n) is 12.0. The van der Waals surface area contributed by atoms with Gasteiger partial charge in [-0.05, 0) is 53.4 Å². The normalized spacial score (nSPS) is 12.7. The summed E-state index contributed by atoms with van der Waals surface area (Å²) < 4.78 is 3.01. The number of benzene rings is 2. The van der Waals surface area contributed by atoms with Crippen molar-refractivity contribution in [3.8, 4) is 0 Å². The number of halogens is 1. The van der Waals surface area contributed by atoms with Crippen molar-refractivity contribution >= 4 is 26.7 Å². The number of hydrogen-bond acceptors (Lipinski definition) is 2. The molecule has 0 bridgehead atoms. The molecule has 0 spiro atoms. The number of aromatic nitrogens is 2. The SMILES string of the molecule is Cn1nccc1CCC(N)c1ccc2cc(Br)ccc2c1. The first-order valence-corrected chi connectivity index (χ1v) is 7.84. The van der Waals surface area contributed by atoms with Crippen LogP contribution in [0.5, 0.6) is 0 Å². The monoisotopic (exact) mass is 343 g/mol. The van der Waals surface area contributed by atoms with Gasteiger partial charge in [-0.3, -0.25) is 4.68 Å². The van der Waals surface area contributed by atoms with E-state index in [4.69, 9.17) is 5.73 Å². The molecule has 2 N–H and O–H groups in total. The van der Waals surface area contributed by atoms with Crippen LogP contribution in [0.25, 0.3) is 10.8 Å². The minimum atomic E-state index is 0.0490. The van der Waals surface area contributed by atoms with Crippen LogP contribution < -0.4 is 5.73 Å². The number of nitrogens with zero attached hydrogens (tertiary/aromatic N) is 2. The highest BCUT2D eigenvalue weighted by molar-refractivity contribution is 9.10. The third-order valence-corrected chi connectivity index (χ3v) is 4.38. The van der Waals surface area contributed by atoms with Crippen LogP contribution in [-0.4, -0.2) is 9.78 Å². The minimum Gasteiger partial charge on any atom is -0.324 e. The Morgan fingerprint density at radius 2 is 1.90 bits per heavy atom. The average Bonchev–Trinajstić information content (AvgIpc) is 2.89. The molecule has 0 aliphatic rings. The fourth-order valence-corrected chi connectivity index (χ4v) is 2.96. The molecule has 1 aromatic heterocycles. The Hall–Kier alpha value is -1.65. The van der Waals surface area contributed by atoms with Gasteiger partial charge in [-0.2, -0.15) is 5.10 Å². The molecule has 1 unspecified atom stereocenters. The van der Waals surface area contributed by atoms with Gasteiger partial charge in [0.2, 0.25) is 0 Å². The summed E-state index contributed by atoms with van der Waals surface area (Å²) in [5.41, 5.74) is 8.75. The van der Waals surface area contributed by atoms with Gasteiger partial charge in [-0.15, -0.1) is 0 Å². The van der Waals surface area contributed by atoms with Crippen LogP contribution in [0.4, 0.5) is 0 Å². The van der Waals surface area contributed by atoms with E-state index in [9.17, 15) is 0 Å². The van der Waals surface area contributed by atoms with Crippen molar-refractivity contribution in [3.05, 3.63) is 64.4 Å². The summed E-state index contributed by atoms with van der Waals surface area (Å²) in [5, 5.41) is 6.64. The van der Waals surface area contributed by atoms with Crippen molar-refractivity contribution < 1.29 is 0 Å². The van der Waals surface area contributed by atoms with E-state index in [1.54, 1.807) is 0 Å². The van der Waals surface area contributed by atoms with E-state index in [0.717, 1.165) is 17.3 Å². The molecule has 108 valence electrons. The number of fused-ring (bicyclic) bond motifs is 1. The predicted octanol–water partition coefficient (Wildman–Crippen LogP) is 3.97. The van der Waals surface area contributed by atoms with Crippen molar-refractivity contribution in [2.45, 2.75) is 18.9 Å². The van der Waals surface area contributed by atoms with Crippen LogP contribution in [0, 0.1) is 0 Å². The maximum absolute atomic E-state index is 6.34. The highest BCUT2D eigenvalue weighted by Crippen LogP contribution is 2.24. The summed E-state index contributed by atoms with van der Waals surface area (Å²) in [6.07, 6.45) is 3.69. The van der Waals surface area contributed by atoms with E-state index in [1.165, 1.54) is 22.0 Å². The third-order valence-electron chi connectivity index (χ3n) is 3.89. The second-order valence-electron chi connectivity index (χ2n) is 5.34. The lowest BCUT2D eigenvalue weighted by molar-refractivity contribution is 0.614. The highest BCUT2D eigenvalue weighted by Gasteiger charge is 2.09. The van der Waals surface area contributed by atoms with Crippen molar-refractivity contribution in [2.75, 3.05) is 0 Å². The lowest BCUT2D eigenvalue weighted by Crippen LogP contribution is -2.12. The van der Waals surface area contributed by atoms with Crippen LogP contribution in [0.15, 0.2) is 53.1 Å². The second kappa shape index (κ2) is 6.00. The van der Waals surface area contributed by atoms with Crippen LogP contribution in [0.2, 0.25) is 0 Å². The first-order chi connectivity index (χ1) is 10.1. The van der Waals surface area contributed by atoms with Gasteiger partial charge in [0, 0.05) is 29.5 Å². The Bertz CT molecular complexity index is 764. The zero-order valence-corrected chi connectivity index (χ0v) is 13.5. The predicted molar refractivity (Wildman–Crippen MR) is 90.1 cm³/mol. The number of nitrogens with two attached hydrogens (primary N) is 1. The van der Waals surface area contributed by atoms with Gasteiger partial charge in [-0.1, -0.05) is 34.1 Å². The number of hydrogen-bond donors (Lipinski definition) is 1. The molecule has 3 aromatic rings. The van der Waals surface area contributed by atoms with Crippen LogP contribution in [-0.2, 0) is 13.5 Å². The first-order valence-electron chi connectivity index (χ1n) is 7.05. The quantitative estimate of drug-likeness (QED) is 0.778. The fraction of sp³-hybridized carbons (Fsp3) is 0.235. The summed E-state index contributed by atoms with van der Waals surface area (Å²) >= 11 is 3.50. The largest absolute Gasteiger partial charge is 0.324 e. The van der Waals surface area contributed by atoms with Gasteiger partial charge in [-0.25, -0.2) is 0 Å². The fourth-order valence-electron chi connectivity index (χ4n) is 2.58. The van der Waals surface area contributed by atoms with E-state index < -0.39 is 0 Å². The van der Waals surface area contributed by atoms with Gasteiger partial charge in [0.25, 0.3) is 0 Å². The van der Waals surface area contributed by atoms with E-state index in [2.05, 4.69) is 57.4 Å². The summed E-state index contributed by atoms with van der Waals surface area (Å²) in [7, 11) is 1.97. The maximum atomic E-state index is 6.34. The topological polar surface area (TPSA) is 43.8 Å². The van der Waals surface area contributed by atoms with Gasteiger partial charge < -0.3 is 5.73 Å². The van der Waals surface area contributed by atoms with Crippen molar-refractivity contribution in [2.24, 2.45) is 12.8 Å². The van der Waals surface area contributed by atoms with Gasteiger partial charge >= 0.3 is 0 Å². The van der Waals surface area contributed by atoms with E-state index in [0.29, 0.717) is 0 Å². The van der Waals surface area contributed by atoms with Crippen molar-refractivity contribution in [1.29, 1.82) is 0 Å². The zero-order chi connectivity index (χ0) is 14.8. The molecule has 4 heteroatoms. The Balaban J connectivity index is 1.76. The Labute approximate surface area is 132 Å². The molecule has 1 atom stereocenters. The maximum Gasteiger partial charge on any atom is 0.0492 e. The molecule has 1 heterocycles. The highest BCUT2D eigenvalue weighted by atomic mass is 79.9. The lowest BCUT2D eigenvalue weighted by atomic mass is 9.99. The number of rotatable bonds is 4. The van der Waals surface area contributed by atoms with Crippen molar-refractivity contribution in [3.63, 3.8) is 0 Å². The first kappa shape index (κ1) is 14.3. The summed E-state index contributed by atoms with van der Waals surface area (Å²) in [5.74, 6) is 0. The minimum absolute atomic E-state index is 0.0490. The Kier molecular flexibility index (Phi) is 4.08. The number of aryl methyl sites for hydroxylation is 2. The van der Waals surface area contributed by atoms with E-state index in [1.807, 2.05) is 24.0 Å². The molecule has 0 aliphatic heterocycles. The van der Waals surface area contributed by atoms with Gasteiger partial charge in [0.05, 0.1) is 0 Å². The summed E-state index contributed by atoms with van der Waals surface area (Å²) in [6.45, 7) is 0. The standard InChI is InChI=1S/C17H18BrN3/c1-21-16(8-9-20-21)6-7-17(19)14-3-2-13-11-15(18)5-4-12(13)10-14/h2-5,8-11,17H,6-7,19H2,1H3. The van der Waals surface area contributed by atoms with E-state index >= 15 is 0 Å². The molecule has 2 aromatic carbocycles. The smallest absolute Gasteiger partial charge is 0.0492 e. The molecule has 3 rings (SSSR count).